The van der Waals surface area contributed by atoms with E-state index in [0.29, 0.717) is 23.3 Å². The van der Waals surface area contributed by atoms with E-state index in [1.54, 1.807) is 12.1 Å². The highest BCUT2D eigenvalue weighted by Gasteiger charge is 2.19. The molecule has 0 N–H and O–H groups in total. The van der Waals surface area contributed by atoms with Crippen LogP contribution in [0.25, 0.3) is 0 Å². The van der Waals surface area contributed by atoms with Gasteiger partial charge in [0.05, 0.1) is 0 Å². The molecule has 0 saturated heterocycles. The van der Waals surface area contributed by atoms with Crippen LogP contribution in [0.3, 0.4) is 0 Å². The van der Waals surface area contributed by atoms with Crippen LogP contribution in [0.1, 0.15) is 49.1 Å². The Morgan fingerprint density at radius 3 is 2.67 bits per heavy atom. The number of furan rings is 1. The van der Waals surface area contributed by atoms with Gasteiger partial charge in [-0.05, 0) is 29.7 Å². The summed E-state index contributed by atoms with van der Waals surface area (Å²) in [6.07, 6.45) is 6.81. The van der Waals surface area contributed by atoms with Crippen LogP contribution in [-0.4, -0.2) is 5.78 Å². The largest absolute Gasteiger partial charge is 0.442 e. The van der Waals surface area contributed by atoms with Crippen molar-refractivity contribution in [3.8, 4) is 0 Å². The van der Waals surface area contributed by atoms with Gasteiger partial charge in [0.1, 0.15) is 0 Å². The molecule has 3 heteroatoms. The molecule has 1 aromatic heterocycles. The fourth-order valence-electron chi connectivity index (χ4n) is 2.22. The van der Waals surface area contributed by atoms with Gasteiger partial charge in [-0.3, -0.25) is 4.79 Å². The molecule has 1 aliphatic carbocycles. The molecule has 0 spiro atoms. The summed E-state index contributed by atoms with van der Waals surface area (Å²) in [7, 11) is 0. The fourth-order valence-corrected chi connectivity index (χ4v) is 2.36. The molecule has 0 radical (unpaired) electrons. The highest BCUT2D eigenvalue weighted by molar-refractivity contribution is 6.29. The molecule has 1 saturated carbocycles. The molecular weight excluding hydrogens is 212 g/mol. The Balaban J connectivity index is 1.91. The Morgan fingerprint density at radius 1 is 1.33 bits per heavy atom. The smallest absolute Gasteiger partial charge is 0.198 e. The van der Waals surface area contributed by atoms with Crippen molar-refractivity contribution in [1.29, 1.82) is 0 Å². The minimum atomic E-state index is 0.0915. The first kappa shape index (κ1) is 10.7. The number of halogens is 1. The third-order valence-electron chi connectivity index (χ3n) is 3.05. The Morgan fingerprint density at radius 2 is 2.07 bits per heavy atom. The number of hydrogen-bond acceptors (Lipinski definition) is 2. The van der Waals surface area contributed by atoms with E-state index < -0.39 is 0 Å². The van der Waals surface area contributed by atoms with Gasteiger partial charge in [0.25, 0.3) is 0 Å². The maximum absolute atomic E-state index is 11.8. The van der Waals surface area contributed by atoms with Crippen molar-refractivity contribution in [2.75, 3.05) is 0 Å². The van der Waals surface area contributed by atoms with E-state index in [9.17, 15) is 4.79 Å². The average Bonchev–Trinajstić information content (AvgIpc) is 2.66. The third kappa shape index (κ3) is 2.85. The van der Waals surface area contributed by atoms with Crippen LogP contribution >= 0.6 is 11.6 Å². The monoisotopic (exact) mass is 226 g/mol. The first-order valence-corrected chi connectivity index (χ1v) is 5.92. The molecule has 1 aromatic rings. The van der Waals surface area contributed by atoms with Gasteiger partial charge in [-0.25, -0.2) is 0 Å². The molecule has 0 aliphatic heterocycles. The average molecular weight is 227 g/mol. The predicted molar refractivity (Wildman–Crippen MR) is 59.2 cm³/mol. The van der Waals surface area contributed by atoms with E-state index in [2.05, 4.69) is 0 Å². The van der Waals surface area contributed by atoms with E-state index in [1.807, 2.05) is 0 Å². The Hall–Kier alpha value is -0.760. The first-order chi connectivity index (χ1) is 7.25. The lowest BCUT2D eigenvalue weighted by Crippen LogP contribution is -2.11. The second kappa shape index (κ2) is 4.84. The Kier molecular flexibility index (Phi) is 3.47. The van der Waals surface area contributed by atoms with Crippen molar-refractivity contribution < 1.29 is 9.21 Å². The van der Waals surface area contributed by atoms with Gasteiger partial charge in [-0.1, -0.05) is 32.1 Å². The lowest BCUT2D eigenvalue weighted by atomic mass is 9.85. The molecule has 0 amide bonds. The third-order valence-corrected chi connectivity index (χ3v) is 3.25. The van der Waals surface area contributed by atoms with Crippen LogP contribution in [0.5, 0.6) is 0 Å². The van der Waals surface area contributed by atoms with Crippen LogP contribution in [0.4, 0.5) is 0 Å². The van der Waals surface area contributed by atoms with Gasteiger partial charge < -0.3 is 4.42 Å². The summed E-state index contributed by atoms with van der Waals surface area (Å²) < 4.78 is 5.10. The summed E-state index contributed by atoms with van der Waals surface area (Å²) in [6, 6.07) is 3.28. The second-order valence-corrected chi connectivity index (χ2v) is 4.61. The molecule has 0 bridgehead atoms. The number of Topliss-reactive ketones (excluding diaryl/α,β-unsaturated/α-hetero) is 1. The van der Waals surface area contributed by atoms with Gasteiger partial charge in [-0.2, -0.15) is 0 Å². The van der Waals surface area contributed by atoms with Crippen molar-refractivity contribution >= 4 is 17.4 Å². The SMILES string of the molecule is O=C(CC1CCCCC1)c1ccc(Cl)o1. The second-order valence-electron chi connectivity index (χ2n) is 4.24. The van der Waals surface area contributed by atoms with Crippen molar-refractivity contribution in [2.45, 2.75) is 38.5 Å². The van der Waals surface area contributed by atoms with Crippen LogP contribution in [0.15, 0.2) is 16.5 Å². The van der Waals surface area contributed by atoms with Crippen molar-refractivity contribution in [3.05, 3.63) is 23.1 Å². The molecule has 1 fully saturated rings. The number of carbonyl (C=O) groups excluding carboxylic acids is 1. The van der Waals surface area contributed by atoms with Crippen LogP contribution in [0, 0.1) is 5.92 Å². The molecule has 0 aromatic carbocycles. The summed E-state index contributed by atoms with van der Waals surface area (Å²) in [5.74, 6) is 1.05. The molecule has 0 unspecified atom stereocenters. The number of hydrogen-bond donors (Lipinski definition) is 0. The number of rotatable bonds is 3. The molecule has 2 rings (SSSR count). The van der Waals surface area contributed by atoms with Crippen LogP contribution in [-0.2, 0) is 0 Å². The lowest BCUT2D eigenvalue weighted by Gasteiger charge is -2.20. The van der Waals surface area contributed by atoms with E-state index >= 15 is 0 Å². The zero-order valence-electron chi connectivity index (χ0n) is 8.67. The minimum Gasteiger partial charge on any atom is -0.442 e. The minimum absolute atomic E-state index is 0.0915. The molecule has 0 atom stereocenters. The standard InChI is InChI=1S/C12H15ClO2/c13-12-7-6-11(15-12)10(14)8-9-4-2-1-3-5-9/h6-7,9H,1-5,8H2. The van der Waals surface area contributed by atoms with Gasteiger partial charge in [0.15, 0.2) is 16.8 Å². The number of carbonyl (C=O) groups is 1. The topological polar surface area (TPSA) is 30.2 Å². The summed E-state index contributed by atoms with van der Waals surface area (Å²) >= 11 is 5.63. The molecule has 1 aliphatic rings. The maximum atomic E-state index is 11.8. The zero-order valence-corrected chi connectivity index (χ0v) is 9.43. The highest BCUT2D eigenvalue weighted by Crippen LogP contribution is 2.28. The quantitative estimate of drug-likeness (QED) is 0.727. The maximum Gasteiger partial charge on any atom is 0.198 e. The predicted octanol–water partition coefficient (Wildman–Crippen LogP) is 4.09. The first-order valence-electron chi connectivity index (χ1n) is 5.54. The fraction of sp³-hybridized carbons (Fsp3) is 0.583. The van der Waals surface area contributed by atoms with Crippen molar-refractivity contribution in [2.24, 2.45) is 5.92 Å². The summed E-state index contributed by atoms with van der Waals surface area (Å²) in [5, 5.41) is 0.294. The normalized spacial score (nSPS) is 17.9. The lowest BCUT2D eigenvalue weighted by molar-refractivity contribution is 0.0923. The van der Waals surface area contributed by atoms with Gasteiger partial charge in [-0.15, -0.1) is 0 Å². The zero-order chi connectivity index (χ0) is 10.7. The van der Waals surface area contributed by atoms with Gasteiger partial charge >= 0.3 is 0 Å². The molecule has 2 nitrogen and oxygen atoms in total. The van der Waals surface area contributed by atoms with Crippen molar-refractivity contribution in [1.82, 2.24) is 0 Å². The molecule has 1 heterocycles. The number of ketones is 1. The molecular formula is C12H15ClO2. The summed E-state index contributed by atoms with van der Waals surface area (Å²) in [4.78, 5) is 11.8. The van der Waals surface area contributed by atoms with E-state index in [0.717, 1.165) is 0 Å². The highest BCUT2D eigenvalue weighted by atomic mass is 35.5. The van der Waals surface area contributed by atoms with Crippen molar-refractivity contribution in [3.63, 3.8) is 0 Å². The van der Waals surface area contributed by atoms with Gasteiger partial charge in [0.2, 0.25) is 0 Å². The van der Waals surface area contributed by atoms with Crippen LogP contribution in [0.2, 0.25) is 5.22 Å². The molecule has 15 heavy (non-hydrogen) atoms. The Labute approximate surface area is 94.6 Å². The van der Waals surface area contributed by atoms with Gasteiger partial charge in [0, 0.05) is 6.42 Å². The summed E-state index contributed by atoms with van der Waals surface area (Å²) in [5.41, 5.74) is 0. The van der Waals surface area contributed by atoms with E-state index in [4.69, 9.17) is 16.0 Å². The van der Waals surface area contributed by atoms with Crippen LogP contribution < -0.4 is 0 Å². The van der Waals surface area contributed by atoms with E-state index in [-0.39, 0.29) is 5.78 Å². The summed E-state index contributed by atoms with van der Waals surface area (Å²) in [6.45, 7) is 0. The van der Waals surface area contributed by atoms with E-state index in [1.165, 1.54) is 32.1 Å². The Bertz CT molecular complexity index is 337. The molecule has 82 valence electrons.